The first-order valence-electron chi connectivity index (χ1n) is 4.44. The van der Waals surface area contributed by atoms with Crippen LogP contribution < -0.4 is 5.32 Å². The van der Waals surface area contributed by atoms with Crippen LogP contribution in [0.25, 0.3) is 0 Å². The lowest BCUT2D eigenvalue weighted by atomic mass is 10.3. The summed E-state index contributed by atoms with van der Waals surface area (Å²) in [6.45, 7) is 1.47. The number of hydrogen-bond acceptors (Lipinski definition) is 3. The van der Waals surface area contributed by atoms with Crippen molar-refractivity contribution >= 4 is 5.91 Å². The Hall–Kier alpha value is -1.42. The molecule has 1 amide bonds. The number of aromatic nitrogens is 1. The largest absolute Gasteiger partial charge is 0.351 e. The van der Waals surface area contributed by atoms with Gasteiger partial charge in [0.2, 0.25) is 0 Å². The van der Waals surface area contributed by atoms with Gasteiger partial charge in [-0.05, 0) is 20.2 Å². The van der Waals surface area contributed by atoms with Crippen molar-refractivity contribution in [2.45, 2.75) is 0 Å². The molecule has 4 nitrogen and oxygen atoms in total. The zero-order valence-corrected chi connectivity index (χ0v) is 8.45. The first-order chi connectivity index (χ1) is 6.70. The maximum Gasteiger partial charge on any atom is 0.252 e. The minimum absolute atomic E-state index is 0.101. The Morgan fingerprint density at radius 3 is 3.00 bits per heavy atom. The van der Waals surface area contributed by atoms with Crippen LogP contribution in [-0.2, 0) is 0 Å². The normalized spacial score (nSPS) is 10.2. The lowest BCUT2D eigenvalue weighted by Gasteiger charge is -2.09. The van der Waals surface area contributed by atoms with Crippen LogP contribution in [0.3, 0.4) is 0 Å². The average Bonchev–Trinajstić information content (AvgIpc) is 2.18. The first kappa shape index (κ1) is 10.7. The molecule has 4 heteroatoms. The van der Waals surface area contributed by atoms with Crippen molar-refractivity contribution in [1.82, 2.24) is 15.2 Å². The molecule has 0 fully saturated rings. The second-order valence-electron chi connectivity index (χ2n) is 3.23. The summed E-state index contributed by atoms with van der Waals surface area (Å²) in [7, 11) is 3.92. The standard InChI is InChI=1S/C10H14N3O/c1-13(2)7-6-12-10(14)9-4-3-5-11-8-9/h4-5,8H,6-7H2,1-2H3,(H,12,14). The quantitative estimate of drug-likeness (QED) is 0.739. The van der Waals surface area contributed by atoms with Crippen molar-refractivity contribution in [2.75, 3.05) is 27.2 Å². The SMILES string of the molecule is CN(C)CCNC(=O)c1c[c]cnc1. The van der Waals surface area contributed by atoms with Gasteiger partial charge in [0.15, 0.2) is 0 Å². The molecule has 0 spiro atoms. The molecular weight excluding hydrogens is 178 g/mol. The molecule has 14 heavy (non-hydrogen) atoms. The molecule has 1 N–H and O–H groups in total. The highest BCUT2D eigenvalue weighted by molar-refractivity contribution is 5.93. The third-order valence-electron chi connectivity index (χ3n) is 1.71. The summed E-state index contributed by atoms with van der Waals surface area (Å²) < 4.78 is 0. The van der Waals surface area contributed by atoms with Gasteiger partial charge in [-0.1, -0.05) is 0 Å². The van der Waals surface area contributed by atoms with E-state index in [0.717, 1.165) is 6.54 Å². The molecular formula is C10H14N3O. The Morgan fingerprint density at radius 1 is 1.64 bits per heavy atom. The fourth-order valence-electron chi connectivity index (χ4n) is 0.944. The van der Waals surface area contributed by atoms with Crippen molar-refractivity contribution in [3.63, 3.8) is 0 Å². The maximum atomic E-state index is 11.4. The average molecular weight is 192 g/mol. The second kappa shape index (κ2) is 5.34. The Labute approximate surface area is 83.9 Å². The smallest absolute Gasteiger partial charge is 0.252 e. The van der Waals surface area contributed by atoms with Gasteiger partial charge in [-0.15, -0.1) is 0 Å². The van der Waals surface area contributed by atoms with Gasteiger partial charge >= 0.3 is 0 Å². The Bertz CT molecular complexity index is 285. The molecule has 1 rings (SSSR count). The summed E-state index contributed by atoms with van der Waals surface area (Å²) in [5.41, 5.74) is 0.547. The van der Waals surface area contributed by atoms with Gasteiger partial charge in [0, 0.05) is 31.5 Å². The number of nitrogens with one attached hydrogen (secondary N) is 1. The highest BCUT2D eigenvalue weighted by Crippen LogP contribution is 1.93. The Kier molecular flexibility index (Phi) is 4.07. The second-order valence-corrected chi connectivity index (χ2v) is 3.23. The molecule has 0 aliphatic carbocycles. The highest BCUT2D eigenvalue weighted by Gasteiger charge is 2.03. The Balaban J connectivity index is 2.36. The summed E-state index contributed by atoms with van der Waals surface area (Å²) in [6.07, 6.45) is 3.05. The van der Waals surface area contributed by atoms with E-state index < -0.39 is 0 Å². The van der Waals surface area contributed by atoms with Crippen molar-refractivity contribution in [2.24, 2.45) is 0 Å². The molecule has 1 radical (unpaired) electrons. The molecule has 0 atom stereocenters. The molecule has 0 unspecified atom stereocenters. The summed E-state index contributed by atoms with van der Waals surface area (Å²) in [5, 5.41) is 2.79. The maximum absolute atomic E-state index is 11.4. The monoisotopic (exact) mass is 192 g/mol. The molecule has 1 aromatic heterocycles. The number of carbonyl (C=O) groups excluding carboxylic acids is 1. The predicted octanol–water partition coefficient (Wildman–Crippen LogP) is 0.173. The fourth-order valence-corrected chi connectivity index (χ4v) is 0.944. The molecule has 0 saturated heterocycles. The van der Waals surface area contributed by atoms with Crippen LogP contribution in [0.15, 0.2) is 18.5 Å². The molecule has 75 valence electrons. The fraction of sp³-hybridized carbons (Fsp3) is 0.400. The van der Waals surface area contributed by atoms with E-state index in [1.807, 2.05) is 19.0 Å². The number of pyridine rings is 1. The molecule has 0 aromatic carbocycles. The molecule has 0 bridgehead atoms. The van der Waals surface area contributed by atoms with Gasteiger partial charge in [-0.25, -0.2) is 0 Å². The summed E-state index contributed by atoms with van der Waals surface area (Å²) in [6, 6.07) is 4.38. The van der Waals surface area contributed by atoms with Crippen molar-refractivity contribution in [3.05, 3.63) is 30.1 Å². The van der Waals surface area contributed by atoms with E-state index in [-0.39, 0.29) is 5.91 Å². The van der Waals surface area contributed by atoms with E-state index in [9.17, 15) is 4.79 Å². The van der Waals surface area contributed by atoms with Crippen LogP contribution in [-0.4, -0.2) is 43.0 Å². The van der Waals surface area contributed by atoms with Gasteiger partial charge in [-0.2, -0.15) is 0 Å². The Morgan fingerprint density at radius 2 is 2.43 bits per heavy atom. The summed E-state index contributed by atoms with van der Waals surface area (Å²) in [5.74, 6) is -0.101. The molecule has 0 aliphatic rings. The van der Waals surface area contributed by atoms with E-state index in [2.05, 4.69) is 16.4 Å². The lowest BCUT2D eigenvalue weighted by molar-refractivity contribution is 0.0950. The van der Waals surface area contributed by atoms with Crippen LogP contribution in [0.2, 0.25) is 0 Å². The van der Waals surface area contributed by atoms with Crippen LogP contribution in [0.5, 0.6) is 0 Å². The molecule has 0 saturated carbocycles. The van der Waals surface area contributed by atoms with Gasteiger partial charge in [0.05, 0.1) is 5.56 Å². The molecule has 1 heterocycles. The zero-order chi connectivity index (χ0) is 10.4. The van der Waals surface area contributed by atoms with Gasteiger partial charge in [0.25, 0.3) is 5.91 Å². The molecule has 1 aromatic rings. The van der Waals surface area contributed by atoms with Gasteiger partial charge in [0.1, 0.15) is 0 Å². The van der Waals surface area contributed by atoms with E-state index >= 15 is 0 Å². The first-order valence-corrected chi connectivity index (χ1v) is 4.44. The zero-order valence-electron chi connectivity index (χ0n) is 8.45. The lowest BCUT2D eigenvalue weighted by Crippen LogP contribution is -2.31. The van der Waals surface area contributed by atoms with Crippen LogP contribution in [0, 0.1) is 6.07 Å². The molecule has 0 aliphatic heterocycles. The third-order valence-corrected chi connectivity index (χ3v) is 1.71. The number of rotatable bonds is 4. The topological polar surface area (TPSA) is 45.2 Å². The van der Waals surface area contributed by atoms with Crippen LogP contribution in [0.4, 0.5) is 0 Å². The van der Waals surface area contributed by atoms with E-state index in [1.165, 1.54) is 12.4 Å². The number of hydrogen-bond donors (Lipinski definition) is 1. The van der Waals surface area contributed by atoms with E-state index in [4.69, 9.17) is 0 Å². The van der Waals surface area contributed by atoms with E-state index in [1.54, 1.807) is 6.07 Å². The van der Waals surface area contributed by atoms with Crippen LogP contribution in [0.1, 0.15) is 10.4 Å². The third kappa shape index (κ3) is 3.53. The highest BCUT2D eigenvalue weighted by atomic mass is 16.1. The van der Waals surface area contributed by atoms with E-state index in [0.29, 0.717) is 12.1 Å². The summed E-state index contributed by atoms with van der Waals surface area (Å²) in [4.78, 5) is 17.3. The van der Waals surface area contributed by atoms with Gasteiger partial charge in [-0.3, -0.25) is 9.78 Å². The summed E-state index contributed by atoms with van der Waals surface area (Å²) >= 11 is 0. The van der Waals surface area contributed by atoms with Crippen LogP contribution >= 0.6 is 0 Å². The van der Waals surface area contributed by atoms with Crippen molar-refractivity contribution < 1.29 is 4.79 Å². The van der Waals surface area contributed by atoms with Crippen molar-refractivity contribution in [3.8, 4) is 0 Å². The number of amides is 1. The van der Waals surface area contributed by atoms with Gasteiger partial charge < -0.3 is 10.2 Å². The minimum atomic E-state index is -0.101. The predicted molar refractivity (Wildman–Crippen MR) is 54.0 cm³/mol. The number of carbonyl (C=O) groups is 1. The number of likely N-dealkylation sites (N-methyl/N-ethyl adjacent to an activating group) is 1. The van der Waals surface area contributed by atoms with Crippen molar-refractivity contribution in [1.29, 1.82) is 0 Å². The number of nitrogens with zero attached hydrogens (tertiary/aromatic N) is 2. The minimum Gasteiger partial charge on any atom is -0.351 e.